The maximum atomic E-state index is 9.39. The van der Waals surface area contributed by atoms with E-state index in [-0.39, 0.29) is 5.75 Å². The zero-order chi connectivity index (χ0) is 16.4. The van der Waals surface area contributed by atoms with E-state index in [1.54, 1.807) is 42.9 Å². The summed E-state index contributed by atoms with van der Waals surface area (Å²) in [6.07, 6.45) is 5.17. The zero-order valence-corrected chi connectivity index (χ0v) is 12.7. The lowest BCUT2D eigenvalue weighted by molar-refractivity contribution is 0.475. The minimum absolute atomic E-state index is 0.225. The molecule has 0 radical (unpaired) electrons. The highest BCUT2D eigenvalue weighted by Gasteiger charge is 2.08. The summed E-state index contributed by atoms with van der Waals surface area (Å²) in [5, 5.41) is 12.7. The molecule has 0 fully saturated rings. The Kier molecular flexibility index (Phi) is 3.51. The number of aromatic hydroxyl groups is 1. The predicted octanol–water partition coefficient (Wildman–Crippen LogP) is 4.14. The molecule has 5 nitrogen and oxygen atoms in total. The Balaban J connectivity index is 1.79. The molecule has 116 valence electrons. The van der Waals surface area contributed by atoms with Crippen molar-refractivity contribution in [3.63, 3.8) is 0 Å². The van der Waals surface area contributed by atoms with E-state index in [0.29, 0.717) is 0 Å². The Bertz CT molecular complexity index is 985. The van der Waals surface area contributed by atoms with Crippen molar-refractivity contribution in [2.75, 3.05) is 5.32 Å². The first-order valence-electron chi connectivity index (χ1n) is 7.52. The van der Waals surface area contributed by atoms with Gasteiger partial charge in [0.1, 0.15) is 16.8 Å². The predicted molar refractivity (Wildman–Crippen MR) is 94.2 cm³/mol. The molecule has 2 aromatic carbocycles. The normalized spacial score (nSPS) is 10.7. The largest absolute Gasteiger partial charge is 0.508 e. The number of pyridine rings is 1. The second-order valence-corrected chi connectivity index (χ2v) is 5.35. The highest BCUT2D eigenvalue weighted by Crippen LogP contribution is 2.26. The smallest absolute Gasteiger partial charge is 0.116 e. The van der Waals surface area contributed by atoms with Crippen LogP contribution in [-0.4, -0.2) is 20.1 Å². The van der Waals surface area contributed by atoms with Crippen LogP contribution in [0.4, 0.5) is 11.4 Å². The molecule has 0 amide bonds. The molecule has 4 aromatic rings. The van der Waals surface area contributed by atoms with Crippen molar-refractivity contribution >= 4 is 22.4 Å². The van der Waals surface area contributed by atoms with Gasteiger partial charge in [0.05, 0.1) is 30.0 Å². The highest BCUT2D eigenvalue weighted by atomic mass is 16.3. The zero-order valence-electron chi connectivity index (χ0n) is 12.7. The molecule has 2 N–H and O–H groups in total. The van der Waals surface area contributed by atoms with E-state index in [4.69, 9.17) is 4.98 Å². The second kappa shape index (κ2) is 5.96. The molecule has 5 heteroatoms. The van der Waals surface area contributed by atoms with E-state index in [0.717, 1.165) is 33.7 Å². The van der Waals surface area contributed by atoms with Gasteiger partial charge in [-0.15, -0.1) is 0 Å². The van der Waals surface area contributed by atoms with Gasteiger partial charge in [-0.1, -0.05) is 30.3 Å². The molecule has 4 rings (SSSR count). The first kappa shape index (κ1) is 14.1. The summed E-state index contributed by atoms with van der Waals surface area (Å²) in [4.78, 5) is 13.4. The van der Waals surface area contributed by atoms with Gasteiger partial charge in [-0.25, -0.2) is 4.98 Å². The number of anilines is 2. The van der Waals surface area contributed by atoms with Crippen molar-refractivity contribution in [2.45, 2.75) is 0 Å². The molecular formula is C19H14N4O. The lowest BCUT2D eigenvalue weighted by Gasteiger charge is -2.09. The lowest BCUT2D eigenvalue weighted by atomic mass is 10.1. The van der Waals surface area contributed by atoms with Crippen LogP contribution >= 0.6 is 0 Å². The molecule has 2 heterocycles. The average Bonchev–Trinajstić information content (AvgIpc) is 2.64. The lowest BCUT2D eigenvalue weighted by Crippen LogP contribution is -1.96. The van der Waals surface area contributed by atoms with E-state index in [1.165, 1.54) is 0 Å². The van der Waals surface area contributed by atoms with E-state index in [9.17, 15) is 5.11 Å². The quantitative estimate of drug-likeness (QED) is 0.556. The third-order valence-corrected chi connectivity index (χ3v) is 3.67. The molecular weight excluding hydrogens is 300 g/mol. The van der Waals surface area contributed by atoms with Crippen LogP contribution in [0.5, 0.6) is 5.75 Å². The van der Waals surface area contributed by atoms with Crippen LogP contribution in [0.3, 0.4) is 0 Å². The Morgan fingerprint density at radius 1 is 0.833 bits per heavy atom. The summed E-state index contributed by atoms with van der Waals surface area (Å²) in [5.41, 5.74) is 4.90. The average molecular weight is 314 g/mol. The third-order valence-electron chi connectivity index (χ3n) is 3.67. The van der Waals surface area contributed by atoms with Crippen LogP contribution in [0, 0.1) is 0 Å². The van der Waals surface area contributed by atoms with Gasteiger partial charge in [0.15, 0.2) is 0 Å². The molecule has 0 saturated heterocycles. The number of fused-ring (bicyclic) bond motifs is 1. The number of aromatic nitrogens is 3. The summed E-state index contributed by atoms with van der Waals surface area (Å²) in [6.45, 7) is 0. The molecule has 0 aliphatic heterocycles. The van der Waals surface area contributed by atoms with E-state index >= 15 is 0 Å². The van der Waals surface area contributed by atoms with Gasteiger partial charge >= 0.3 is 0 Å². The third kappa shape index (κ3) is 2.75. The Morgan fingerprint density at radius 2 is 1.62 bits per heavy atom. The van der Waals surface area contributed by atoms with Gasteiger partial charge in [-0.05, 0) is 24.3 Å². The van der Waals surface area contributed by atoms with Crippen LogP contribution in [0.15, 0.2) is 73.2 Å². The number of benzene rings is 2. The minimum atomic E-state index is 0.225. The van der Waals surface area contributed by atoms with Crippen molar-refractivity contribution in [1.29, 1.82) is 0 Å². The highest BCUT2D eigenvalue weighted by molar-refractivity contribution is 5.89. The first-order valence-corrected chi connectivity index (χ1v) is 7.52. The fraction of sp³-hybridized carbons (Fsp3) is 0. The standard InChI is InChI=1S/C19H14N4O/c24-15-8-6-14(7-9-15)22-18-11-20-10-17-19(18)23-16(12-21-17)13-4-2-1-3-5-13/h1-12,22,24H. The topological polar surface area (TPSA) is 70.9 Å². The van der Waals surface area contributed by atoms with Crippen molar-refractivity contribution in [3.05, 3.63) is 73.2 Å². The number of nitrogens with one attached hydrogen (secondary N) is 1. The maximum absolute atomic E-state index is 9.39. The summed E-state index contributed by atoms with van der Waals surface area (Å²) in [6, 6.07) is 16.8. The summed E-state index contributed by atoms with van der Waals surface area (Å²) in [7, 11) is 0. The van der Waals surface area contributed by atoms with E-state index in [2.05, 4.69) is 15.3 Å². The Hall–Kier alpha value is -3.47. The van der Waals surface area contributed by atoms with Crippen LogP contribution < -0.4 is 5.32 Å². The number of rotatable bonds is 3. The molecule has 2 aromatic heterocycles. The van der Waals surface area contributed by atoms with E-state index < -0.39 is 0 Å². The molecule has 0 atom stereocenters. The number of phenols is 1. The molecule has 0 aliphatic rings. The molecule has 24 heavy (non-hydrogen) atoms. The number of hydrogen-bond donors (Lipinski definition) is 2. The SMILES string of the molecule is Oc1ccc(Nc2cncc3ncc(-c4ccccc4)nc23)cc1. The molecule has 0 spiro atoms. The van der Waals surface area contributed by atoms with E-state index in [1.807, 2.05) is 30.3 Å². The monoisotopic (exact) mass is 314 g/mol. The molecule has 0 saturated carbocycles. The van der Waals surface area contributed by atoms with Gasteiger partial charge in [0.2, 0.25) is 0 Å². The van der Waals surface area contributed by atoms with Crippen molar-refractivity contribution in [3.8, 4) is 17.0 Å². The number of nitrogens with zero attached hydrogens (tertiary/aromatic N) is 3. The van der Waals surface area contributed by atoms with Gasteiger partial charge in [0.25, 0.3) is 0 Å². The van der Waals surface area contributed by atoms with Crippen molar-refractivity contribution in [2.24, 2.45) is 0 Å². The Labute approximate surface area is 138 Å². The van der Waals surface area contributed by atoms with Gasteiger partial charge in [-0.2, -0.15) is 0 Å². The summed E-state index contributed by atoms with van der Waals surface area (Å²) >= 11 is 0. The molecule has 0 bridgehead atoms. The van der Waals surface area contributed by atoms with Crippen molar-refractivity contribution < 1.29 is 5.11 Å². The van der Waals surface area contributed by atoms with Crippen LogP contribution in [0.1, 0.15) is 0 Å². The summed E-state index contributed by atoms with van der Waals surface area (Å²) < 4.78 is 0. The fourth-order valence-corrected chi connectivity index (χ4v) is 2.47. The fourth-order valence-electron chi connectivity index (χ4n) is 2.47. The van der Waals surface area contributed by atoms with Crippen LogP contribution in [-0.2, 0) is 0 Å². The van der Waals surface area contributed by atoms with Crippen LogP contribution in [0.25, 0.3) is 22.3 Å². The Morgan fingerprint density at radius 3 is 2.42 bits per heavy atom. The van der Waals surface area contributed by atoms with Gasteiger partial charge in [0, 0.05) is 11.3 Å². The maximum Gasteiger partial charge on any atom is 0.116 e. The number of hydrogen-bond acceptors (Lipinski definition) is 5. The van der Waals surface area contributed by atoms with Gasteiger partial charge < -0.3 is 10.4 Å². The first-order chi connectivity index (χ1) is 11.8. The minimum Gasteiger partial charge on any atom is -0.508 e. The van der Waals surface area contributed by atoms with Gasteiger partial charge in [-0.3, -0.25) is 9.97 Å². The van der Waals surface area contributed by atoms with Crippen LogP contribution in [0.2, 0.25) is 0 Å². The number of phenolic OH excluding ortho intramolecular Hbond substituents is 1. The second-order valence-electron chi connectivity index (χ2n) is 5.35. The summed E-state index contributed by atoms with van der Waals surface area (Å²) in [5.74, 6) is 0.225. The van der Waals surface area contributed by atoms with Crippen molar-refractivity contribution in [1.82, 2.24) is 15.0 Å². The molecule has 0 aliphatic carbocycles. The molecule has 0 unspecified atom stereocenters.